The molecule has 78 valence electrons. The molecule has 0 aliphatic rings. The van der Waals surface area contributed by atoms with Gasteiger partial charge in [-0.15, -0.1) is 0 Å². The highest BCUT2D eigenvalue weighted by molar-refractivity contribution is 5.73. The van der Waals surface area contributed by atoms with Crippen molar-refractivity contribution < 1.29 is 4.79 Å². The molecule has 4 heteroatoms. The van der Waals surface area contributed by atoms with Crippen molar-refractivity contribution in [3.63, 3.8) is 0 Å². The van der Waals surface area contributed by atoms with Crippen LogP contribution in [0.5, 0.6) is 0 Å². The van der Waals surface area contributed by atoms with E-state index in [0.717, 1.165) is 12.1 Å². The summed E-state index contributed by atoms with van der Waals surface area (Å²) in [6.45, 7) is 5.51. The Morgan fingerprint density at radius 1 is 1.71 bits per heavy atom. The molecular formula is C10H17N3O. The second kappa shape index (κ2) is 4.26. The maximum absolute atomic E-state index is 10.8. The Morgan fingerprint density at radius 2 is 2.36 bits per heavy atom. The van der Waals surface area contributed by atoms with Gasteiger partial charge in [-0.05, 0) is 25.8 Å². The Labute approximate surface area is 84.3 Å². The van der Waals surface area contributed by atoms with E-state index in [0.29, 0.717) is 0 Å². The summed E-state index contributed by atoms with van der Waals surface area (Å²) in [5.41, 5.74) is 2.22. The molecule has 14 heavy (non-hydrogen) atoms. The Morgan fingerprint density at radius 3 is 2.79 bits per heavy atom. The highest BCUT2D eigenvalue weighted by atomic mass is 16.1. The van der Waals surface area contributed by atoms with Crippen molar-refractivity contribution in [2.45, 2.75) is 33.2 Å². The second-order valence-corrected chi connectivity index (χ2v) is 3.72. The number of aryl methyl sites for hydroxylation is 2. The Hall–Kier alpha value is -1.32. The van der Waals surface area contributed by atoms with Crippen molar-refractivity contribution in [3.05, 3.63) is 17.5 Å². The molecule has 0 spiro atoms. The molecule has 1 aromatic rings. The fraction of sp³-hybridized carbons (Fsp3) is 0.600. The Kier molecular flexibility index (Phi) is 3.28. The first-order valence-corrected chi connectivity index (χ1v) is 4.75. The third-order valence-corrected chi connectivity index (χ3v) is 2.09. The summed E-state index contributed by atoms with van der Waals surface area (Å²) in [7, 11) is 1.90. The van der Waals surface area contributed by atoms with Gasteiger partial charge < -0.3 is 5.32 Å². The van der Waals surface area contributed by atoms with E-state index in [2.05, 4.69) is 10.4 Å². The van der Waals surface area contributed by atoms with E-state index in [4.69, 9.17) is 0 Å². The van der Waals surface area contributed by atoms with Crippen LogP contribution >= 0.6 is 0 Å². The number of nitrogens with one attached hydrogen (secondary N) is 1. The number of aromatic nitrogens is 2. The fourth-order valence-electron chi connectivity index (χ4n) is 1.58. The van der Waals surface area contributed by atoms with Crippen LogP contribution in [0.25, 0.3) is 0 Å². The highest BCUT2D eigenvalue weighted by Gasteiger charge is 2.08. The third kappa shape index (κ3) is 2.87. The molecular weight excluding hydrogens is 178 g/mol. The summed E-state index contributed by atoms with van der Waals surface area (Å²) in [6.07, 6.45) is 2.83. The van der Waals surface area contributed by atoms with Crippen molar-refractivity contribution in [1.82, 2.24) is 15.1 Å². The van der Waals surface area contributed by atoms with E-state index in [1.54, 1.807) is 4.68 Å². The highest BCUT2D eigenvalue weighted by Crippen LogP contribution is 2.07. The lowest BCUT2D eigenvalue weighted by atomic mass is 10.1. The maximum Gasteiger partial charge on any atom is 0.217 e. The van der Waals surface area contributed by atoms with Gasteiger partial charge in [-0.25, -0.2) is 0 Å². The minimum Gasteiger partial charge on any atom is -0.354 e. The number of hydrogen-bond acceptors (Lipinski definition) is 2. The largest absolute Gasteiger partial charge is 0.354 e. The van der Waals surface area contributed by atoms with Crippen LogP contribution in [0.15, 0.2) is 6.20 Å². The van der Waals surface area contributed by atoms with Crippen LogP contribution in [0.2, 0.25) is 0 Å². The Balaban J connectivity index is 2.59. The summed E-state index contributed by atoms with van der Waals surface area (Å²) < 4.78 is 1.80. The van der Waals surface area contributed by atoms with Crippen molar-refractivity contribution >= 4 is 5.91 Å². The molecule has 0 saturated carbocycles. The van der Waals surface area contributed by atoms with Gasteiger partial charge in [0.25, 0.3) is 0 Å². The molecule has 1 unspecified atom stereocenters. The molecule has 0 aliphatic carbocycles. The van der Waals surface area contributed by atoms with Crippen LogP contribution in [0.1, 0.15) is 25.1 Å². The van der Waals surface area contributed by atoms with E-state index >= 15 is 0 Å². The zero-order valence-electron chi connectivity index (χ0n) is 9.16. The second-order valence-electron chi connectivity index (χ2n) is 3.72. The van der Waals surface area contributed by atoms with Gasteiger partial charge in [-0.2, -0.15) is 5.10 Å². The van der Waals surface area contributed by atoms with Crippen LogP contribution < -0.4 is 5.32 Å². The van der Waals surface area contributed by atoms with Crippen LogP contribution in [-0.2, 0) is 18.3 Å². The predicted octanol–water partition coefficient (Wildman–Crippen LogP) is 0.796. The average Bonchev–Trinajstić information content (AvgIpc) is 2.28. The molecule has 0 radical (unpaired) electrons. The smallest absolute Gasteiger partial charge is 0.217 e. The Bertz CT molecular complexity index is 330. The fourth-order valence-corrected chi connectivity index (χ4v) is 1.58. The zero-order valence-corrected chi connectivity index (χ0v) is 9.16. The van der Waals surface area contributed by atoms with Crippen LogP contribution in [0, 0.1) is 6.92 Å². The van der Waals surface area contributed by atoms with E-state index in [9.17, 15) is 4.79 Å². The summed E-state index contributed by atoms with van der Waals surface area (Å²) in [5, 5.41) is 7.10. The molecule has 0 fully saturated rings. The summed E-state index contributed by atoms with van der Waals surface area (Å²) in [4.78, 5) is 10.8. The lowest BCUT2D eigenvalue weighted by Gasteiger charge is -2.11. The SMILES string of the molecule is CC(=O)NC(C)Cc1cn(C)nc1C. The van der Waals surface area contributed by atoms with Crippen molar-refractivity contribution in [1.29, 1.82) is 0 Å². The number of carbonyl (C=O) groups excluding carboxylic acids is 1. The van der Waals surface area contributed by atoms with Gasteiger partial charge >= 0.3 is 0 Å². The maximum atomic E-state index is 10.8. The number of hydrogen-bond donors (Lipinski definition) is 1. The quantitative estimate of drug-likeness (QED) is 0.775. The van der Waals surface area contributed by atoms with Gasteiger partial charge in [0, 0.05) is 26.2 Å². The standard InChI is InChI=1S/C10H17N3O/c1-7(11-9(3)14)5-10-6-13(4)12-8(10)2/h6-7H,5H2,1-4H3,(H,11,14). The first-order valence-electron chi connectivity index (χ1n) is 4.75. The van der Waals surface area contributed by atoms with E-state index in [1.807, 2.05) is 27.1 Å². The van der Waals surface area contributed by atoms with E-state index in [-0.39, 0.29) is 11.9 Å². The molecule has 1 aromatic heterocycles. The number of amides is 1. The normalized spacial score (nSPS) is 12.6. The van der Waals surface area contributed by atoms with Crippen LogP contribution in [0.3, 0.4) is 0 Å². The summed E-state index contributed by atoms with van der Waals surface area (Å²) >= 11 is 0. The van der Waals surface area contributed by atoms with Gasteiger partial charge in [-0.1, -0.05) is 0 Å². The lowest BCUT2D eigenvalue weighted by molar-refractivity contribution is -0.119. The summed E-state index contributed by atoms with van der Waals surface area (Å²) in [5.74, 6) is 0.0130. The first-order chi connectivity index (χ1) is 6.49. The molecule has 1 rings (SSSR count). The van der Waals surface area contributed by atoms with Crippen LogP contribution in [0.4, 0.5) is 0 Å². The number of rotatable bonds is 3. The van der Waals surface area contributed by atoms with E-state index < -0.39 is 0 Å². The van der Waals surface area contributed by atoms with Crippen molar-refractivity contribution in [2.75, 3.05) is 0 Å². The first kappa shape index (κ1) is 10.8. The van der Waals surface area contributed by atoms with Gasteiger partial charge in [0.2, 0.25) is 5.91 Å². The van der Waals surface area contributed by atoms with Crippen molar-refractivity contribution in [2.24, 2.45) is 7.05 Å². The van der Waals surface area contributed by atoms with Crippen LogP contribution in [-0.4, -0.2) is 21.7 Å². The molecule has 0 aliphatic heterocycles. The van der Waals surface area contributed by atoms with Gasteiger partial charge in [0.05, 0.1) is 5.69 Å². The number of carbonyl (C=O) groups is 1. The molecule has 1 amide bonds. The molecule has 0 saturated heterocycles. The minimum absolute atomic E-state index is 0.0130. The monoisotopic (exact) mass is 195 g/mol. The predicted molar refractivity (Wildman–Crippen MR) is 54.9 cm³/mol. The van der Waals surface area contributed by atoms with E-state index in [1.165, 1.54) is 12.5 Å². The molecule has 1 atom stereocenters. The third-order valence-electron chi connectivity index (χ3n) is 2.09. The van der Waals surface area contributed by atoms with Gasteiger partial charge in [0.1, 0.15) is 0 Å². The average molecular weight is 195 g/mol. The zero-order chi connectivity index (χ0) is 10.7. The molecule has 1 heterocycles. The minimum atomic E-state index is 0.0130. The number of nitrogens with zero attached hydrogens (tertiary/aromatic N) is 2. The van der Waals surface area contributed by atoms with Gasteiger partial charge in [-0.3, -0.25) is 9.48 Å². The molecule has 4 nitrogen and oxygen atoms in total. The van der Waals surface area contributed by atoms with Crippen molar-refractivity contribution in [3.8, 4) is 0 Å². The topological polar surface area (TPSA) is 46.9 Å². The molecule has 0 aromatic carbocycles. The lowest BCUT2D eigenvalue weighted by Crippen LogP contribution is -2.32. The molecule has 1 N–H and O–H groups in total. The molecule has 0 bridgehead atoms. The van der Waals surface area contributed by atoms with Gasteiger partial charge in [0.15, 0.2) is 0 Å². The summed E-state index contributed by atoms with van der Waals surface area (Å²) in [6, 6.07) is 0.162.